The largest absolute Gasteiger partial charge is 0.496 e. The molecule has 0 saturated carbocycles. The summed E-state index contributed by atoms with van der Waals surface area (Å²) in [5, 5.41) is 0. The van der Waals surface area contributed by atoms with E-state index >= 15 is 0 Å². The summed E-state index contributed by atoms with van der Waals surface area (Å²) in [5.74, 6) is -2.94. The lowest BCUT2D eigenvalue weighted by molar-refractivity contribution is 0.114. The van der Waals surface area contributed by atoms with E-state index in [1.807, 2.05) is 12.1 Å². The number of nitrogens with zero attached hydrogens (tertiary/aromatic N) is 1. The van der Waals surface area contributed by atoms with E-state index < -0.39 is 17.5 Å². The summed E-state index contributed by atoms with van der Waals surface area (Å²) >= 11 is 2.24. The molecular formula is C25H25F3INO2. The number of piperidine rings is 1. The van der Waals surface area contributed by atoms with Gasteiger partial charge in [-0.2, -0.15) is 0 Å². The summed E-state index contributed by atoms with van der Waals surface area (Å²) in [5.41, 5.74) is 3.67. The van der Waals surface area contributed by atoms with Gasteiger partial charge >= 0.3 is 0 Å². The molecule has 1 saturated heterocycles. The van der Waals surface area contributed by atoms with Crippen LogP contribution in [0.3, 0.4) is 0 Å². The number of rotatable bonds is 3. The van der Waals surface area contributed by atoms with Crippen LogP contribution in [-0.2, 0) is 4.74 Å². The van der Waals surface area contributed by atoms with E-state index in [1.165, 1.54) is 0 Å². The maximum absolute atomic E-state index is 14.0. The van der Waals surface area contributed by atoms with Crippen molar-refractivity contribution in [3.8, 4) is 5.75 Å². The zero-order chi connectivity index (χ0) is 22.7. The maximum Gasteiger partial charge on any atom is 0.194 e. The summed E-state index contributed by atoms with van der Waals surface area (Å²) < 4.78 is 53.9. The van der Waals surface area contributed by atoms with Gasteiger partial charge < -0.3 is 14.4 Å². The number of allylic oxidation sites excluding steroid dienone is 1. The fourth-order valence-corrected chi connectivity index (χ4v) is 4.96. The summed E-state index contributed by atoms with van der Waals surface area (Å²) in [7, 11) is 1.66. The predicted octanol–water partition coefficient (Wildman–Crippen LogP) is 6.63. The minimum atomic E-state index is -1.43. The molecule has 0 radical (unpaired) electrons. The normalized spacial score (nSPS) is 22.4. The Kier molecular flexibility index (Phi) is 7.45. The van der Waals surface area contributed by atoms with Crippen molar-refractivity contribution in [2.45, 2.75) is 31.7 Å². The van der Waals surface area contributed by atoms with E-state index in [0.717, 1.165) is 64.1 Å². The third-order valence-electron chi connectivity index (χ3n) is 5.90. The van der Waals surface area contributed by atoms with Crippen molar-refractivity contribution in [1.29, 1.82) is 0 Å². The monoisotopic (exact) mass is 555 g/mol. The fourth-order valence-electron chi connectivity index (χ4n) is 4.40. The highest BCUT2D eigenvalue weighted by Crippen LogP contribution is 2.38. The van der Waals surface area contributed by atoms with Crippen molar-refractivity contribution in [2.24, 2.45) is 0 Å². The minimum absolute atomic E-state index is 0.307. The summed E-state index contributed by atoms with van der Waals surface area (Å²) in [6.45, 7) is 1.81. The number of fused-ring (bicyclic) bond motifs is 1. The summed E-state index contributed by atoms with van der Waals surface area (Å²) in [4.78, 5) is 2.19. The van der Waals surface area contributed by atoms with Crippen LogP contribution in [0.5, 0.6) is 5.75 Å². The first-order valence-corrected chi connectivity index (χ1v) is 11.8. The average molecular weight is 555 g/mol. The molecule has 0 spiro atoms. The smallest absolute Gasteiger partial charge is 0.194 e. The topological polar surface area (TPSA) is 21.7 Å². The maximum atomic E-state index is 14.0. The molecule has 1 atom stereocenters. The molecule has 0 bridgehead atoms. The first kappa shape index (κ1) is 23.2. The molecule has 2 aromatic carbocycles. The number of hydrogen-bond acceptors (Lipinski definition) is 3. The molecule has 4 rings (SSSR count). The molecule has 170 valence electrons. The number of hydrogen-bond donors (Lipinski definition) is 0. The van der Waals surface area contributed by atoms with Gasteiger partial charge in [-0.25, -0.2) is 13.2 Å². The molecule has 2 aliphatic heterocycles. The van der Waals surface area contributed by atoms with Gasteiger partial charge in [0, 0.05) is 18.8 Å². The van der Waals surface area contributed by atoms with Gasteiger partial charge in [0.25, 0.3) is 0 Å². The van der Waals surface area contributed by atoms with Crippen LogP contribution in [0.15, 0.2) is 47.7 Å². The Morgan fingerprint density at radius 1 is 1.12 bits per heavy atom. The lowest BCUT2D eigenvalue weighted by Crippen LogP contribution is -2.34. The number of methoxy groups -OCH3 is 1. The molecule has 2 aliphatic rings. The van der Waals surface area contributed by atoms with Gasteiger partial charge in [-0.3, -0.25) is 0 Å². The van der Waals surface area contributed by atoms with Crippen molar-refractivity contribution in [3.05, 3.63) is 79.8 Å². The molecule has 2 heterocycles. The SMILES string of the molecule is COc1cc(/C=C2\CCCN3\C2=C/CCOCCC3c2cc(F)c(F)c(F)c2)ccc1I. The standard InChI is InChI=1S/C25H25F3INO2/c1-31-24-13-16(6-7-21(24)29)12-17-4-2-9-30-22(17)5-3-10-32-11-8-23(30)18-14-19(26)25(28)20(27)15-18/h5-7,12-15,23H,2-4,8-11H2,1H3/b17-12+,22-5-. The number of halogens is 4. The second-order valence-electron chi connectivity index (χ2n) is 7.95. The molecule has 7 heteroatoms. The molecule has 1 unspecified atom stereocenters. The van der Waals surface area contributed by atoms with Gasteiger partial charge in [0.1, 0.15) is 5.75 Å². The summed E-state index contributed by atoms with van der Waals surface area (Å²) in [6.07, 6.45) is 7.41. The Bertz CT molecular complexity index is 1030. The lowest BCUT2D eigenvalue weighted by atomic mass is 9.92. The second kappa shape index (κ2) is 10.3. The summed E-state index contributed by atoms with van der Waals surface area (Å²) in [6, 6.07) is 8.00. The van der Waals surface area contributed by atoms with Crippen LogP contribution in [0.25, 0.3) is 6.08 Å². The van der Waals surface area contributed by atoms with Crippen LogP contribution in [0, 0.1) is 21.0 Å². The van der Waals surface area contributed by atoms with E-state index in [9.17, 15) is 13.2 Å². The third-order valence-corrected chi connectivity index (χ3v) is 6.79. The number of benzene rings is 2. The Hall–Kier alpha value is -2.00. The van der Waals surface area contributed by atoms with Crippen molar-refractivity contribution < 1.29 is 22.6 Å². The first-order chi connectivity index (χ1) is 15.5. The Morgan fingerprint density at radius 2 is 1.91 bits per heavy atom. The van der Waals surface area contributed by atoms with Crippen LogP contribution >= 0.6 is 22.6 Å². The zero-order valence-corrected chi connectivity index (χ0v) is 20.0. The highest BCUT2D eigenvalue weighted by molar-refractivity contribution is 14.1. The molecular weight excluding hydrogens is 530 g/mol. The number of ether oxygens (including phenoxy) is 2. The molecule has 2 aromatic rings. The van der Waals surface area contributed by atoms with Gasteiger partial charge in [-0.15, -0.1) is 0 Å². The predicted molar refractivity (Wildman–Crippen MR) is 127 cm³/mol. The van der Waals surface area contributed by atoms with Crippen molar-refractivity contribution in [3.63, 3.8) is 0 Å². The van der Waals surface area contributed by atoms with Crippen LogP contribution in [0.4, 0.5) is 13.2 Å². The molecule has 0 aromatic heterocycles. The third kappa shape index (κ3) is 4.98. The van der Waals surface area contributed by atoms with Gasteiger partial charge in [-0.05, 0) is 95.3 Å². The Balaban J connectivity index is 1.74. The molecule has 1 fully saturated rings. The van der Waals surface area contributed by atoms with E-state index in [1.54, 1.807) is 7.11 Å². The van der Waals surface area contributed by atoms with Crippen molar-refractivity contribution in [1.82, 2.24) is 4.90 Å². The molecule has 3 nitrogen and oxygen atoms in total. The van der Waals surface area contributed by atoms with Gasteiger partial charge in [0.2, 0.25) is 0 Å². The van der Waals surface area contributed by atoms with E-state index in [2.05, 4.69) is 45.7 Å². The average Bonchev–Trinajstić information content (AvgIpc) is 2.89. The van der Waals surface area contributed by atoms with Gasteiger partial charge in [-0.1, -0.05) is 12.1 Å². The molecule has 32 heavy (non-hydrogen) atoms. The van der Waals surface area contributed by atoms with Crippen LogP contribution in [0.1, 0.15) is 42.9 Å². The first-order valence-electron chi connectivity index (χ1n) is 10.7. The minimum Gasteiger partial charge on any atom is -0.496 e. The molecule has 0 N–H and O–H groups in total. The van der Waals surface area contributed by atoms with E-state index in [4.69, 9.17) is 9.47 Å². The quantitative estimate of drug-likeness (QED) is 0.314. The molecule has 0 amide bonds. The lowest BCUT2D eigenvalue weighted by Gasteiger charge is -2.40. The molecule has 0 aliphatic carbocycles. The van der Waals surface area contributed by atoms with E-state index in [0.29, 0.717) is 25.2 Å². The van der Waals surface area contributed by atoms with Crippen LogP contribution < -0.4 is 4.74 Å². The fraction of sp³-hybridized carbons (Fsp3) is 0.360. The highest BCUT2D eigenvalue weighted by Gasteiger charge is 2.29. The van der Waals surface area contributed by atoms with E-state index in [-0.39, 0.29) is 6.04 Å². The Morgan fingerprint density at radius 3 is 2.66 bits per heavy atom. The van der Waals surface area contributed by atoms with Crippen LogP contribution in [-0.4, -0.2) is 31.8 Å². The van der Waals surface area contributed by atoms with Crippen LogP contribution in [0.2, 0.25) is 0 Å². The van der Waals surface area contributed by atoms with Gasteiger partial charge in [0.05, 0.1) is 23.3 Å². The van der Waals surface area contributed by atoms with Crippen molar-refractivity contribution >= 4 is 28.7 Å². The highest BCUT2D eigenvalue weighted by atomic mass is 127. The Labute approximate surface area is 200 Å². The van der Waals surface area contributed by atoms with Gasteiger partial charge in [0.15, 0.2) is 17.5 Å². The zero-order valence-electron chi connectivity index (χ0n) is 17.8. The van der Waals surface area contributed by atoms with Crippen molar-refractivity contribution in [2.75, 3.05) is 26.9 Å². The second-order valence-corrected chi connectivity index (χ2v) is 9.12.